The zero-order valence-electron chi connectivity index (χ0n) is 13.4. The molecule has 0 spiro atoms. The Balaban J connectivity index is 1.84. The molecule has 3 aromatic rings. The van der Waals surface area contributed by atoms with E-state index in [1.807, 2.05) is 56.3 Å². The molecule has 0 bridgehead atoms. The quantitative estimate of drug-likeness (QED) is 0.704. The van der Waals surface area contributed by atoms with Gasteiger partial charge in [0.15, 0.2) is 0 Å². The zero-order valence-corrected chi connectivity index (χ0v) is 14.2. The van der Waals surface area contributed by atoms with Crippen molar-refractivity contribution in [3.05, 3.63) is 69.9 Å². The predicted molar refractivity (Wildman–Crippen MR) is 95.1 cm³/mol. The first-order valence-corrected chi connectivity index (χ1v) is 7.99. The van der Waals surface area contributed by atoms with Gasteiger partial charge < -0.3 is 10.3 Å². The second-order valence-corrected chi connectivity index (χ2v) is 6.32. The van der Waals surface area contributed by atoms with E-state index in [0.29, 0.717) is 10.6 Å². The number of aromatic amines is 1. The van der Waals surface area contributed by atoms with Crippen LogP contribution in [0.5, 0.6) is 0 Å². The van der Waals surface area contributed by atoms with Crippen LogP contribution in [0.1, 0.15) is 40.1 Å². The maximum atomic E-state index is 12.5. The number of hydrogen-bond acceptors (Lipinski definition) is 1. The van der Waals surface area contributed by atoms with E-state index in [1.54, 1.807) is 0 Å². The summed E-state index contributed by atoms with van der Waals surface area (Å²) in [6, 6.07) is 13.2. The van der Waals surface area contributed by atoms with Crippen LogP contribution in [0.25, 0.3) is 10.9 Å². The lowest BCUT2D eigenvalue weighted by Gasteiger charge is -2.14. The highest BCUT2D eigenvalue weighted by Gasteiger charge is 2.13. The Labute approximate surface area is 140 Å². The largest absolute Gasteiger partial charge is 0.358 e. The Morgan fingerprint density at radius 3 is 2.70 bits per heavy atom. The minimum Gasteiger partial charge on any atom is -0.358 e. The smallest absolute Gasteiger partial charge is 0.251 e. The third kappa shape index (κ3) is 3.10. The normalized spacial score (nSPS) is 12.3. The van der Waals surface area contributed by atoms with E-state index in [-0.39, 0.29) is 11.9 Å². The first-order chi connectivity index (χ1) is 11.0. The van der Waals surface area contributed by atoms with Gasteiger partial charge >= 0.3 is 0 Å². The van der Waals surface area contributed by atoms with E-state index in [2.05, 4.69) is 17.2 Å². The fourth-order valence-electron chi connectivity index (χ4n) is 2.74. The standard InChI is InChI=1S/C19H19ClN2O/c1-11-12(2)21-18-8-7-15(10-17(11)18)19(23)22-13(3)14-5-4-6-16(20)9-14/h4-10,13,21H,1-3H3,(H,22,23)/t13-/m1/s1. The van der Waals surface area contributed by atoms with Crippen LogP contribution in [0.2, 0.25) is 5.02 Å². The molecule has 0 saturated heterocycles. The van der Waals surface area contributed by atoms with E-state index >= 15 is 0 Å². The van der Waals surface area contributed by atoms with E-state index in [9.17, 15) is 4.79 Å². The monoisotopic (exact) mass is 326 g/mol. The molecule has 3 nitrogen and oxygen atoms in total. The topological polar surface area (TPSA) is 44.9 Å². The molecule has 1 amide bonds. The van der Waals surface area contributed by atoms with Crippen molar-refractivity contribution in [2.45, 2.75) is 26.8 Å². The average molecular weight is 327 g/mol. The number of aromatic nitrogens is 1. The fourth-order valence-corrected chi connectivity index (χ4v) is 2.94. The Kier molecular flexibility index (Phi) is 4.14. The molecule has 0 aliphatic heterocycles. The highest BCUT2D eigenvalue weighted by molar-refractivity contribution is 6.30. The van der Waals surface area contributed by atoms with Gasteiger partial charge in [-0.25, -0.2) is 0 Å². The van der Waals surface area contributed by atoms with Crippen LogP contribution in [0.4, 0.5) is 0 Å². The van der Waals surface area contributed by atoms with Crippen molar-refractivity contribution in [1.29, 1.82) is 0 Å². The molecule has 0 fully saturated rings. The van der Waals surface area contributed by atoms with Crippen LogP contribution in [0, 0.1) is 13.8 Å². The number of H-pyrrole nitrogens is 1. The van der Waals surface area contributed by atoms with Gasteiger partial charge in [0.1, 0.15) is 0 Å². The molecule has 0 unspecified atom stereocenters. The Morgan fingerprint density at radius 1 is 1.17 bits per heavy atom. The second-order valence-electron chi connectivity index (χ2n) is 5.89. The van der Waals surface area contributed by atoms with Gasteiger partial charge in [0.25, 0.3) is 5.91 Å². The molecular weight excluding hydrogens is 308 g/mol. The minimum atomic E-state index is -0.106. The lowest BCUT2D eigenvalue weighted by Crippen LogP contribution is -2.26. The van der Waals surface area contributed by atoms with Crippen molar-refractivity contribution in [3.63, 3.8) is 0 Å². The maximum Gasteiger partial charge on any atom is 0.251 e. The van der Waals surface area contributed by atoms with Crippen LogP contribution in [0.15, 0.2) is 42.5 Å². The van der Waals surface area contributed by atoms with Crippen molar-refractivity contribution >= 4 is 28.4 Å². The molecule has 0 aliphatic carbocycles. The number of aryl methyl sites for hydroxylation is 2. The van der Waals surface area contributed by atoms with Crippen LogP contribution in [0.3, 0.4) is 0 Å². The highest BCUT2D eigenvalue weighted by atomic mass is 35.5. The Morgan fingerprint density at radius 2 is 1.96 bits per heavy atom. The van der Waals surface area contributed by atoms with Crippen molar-refractivity contribution < 1.29 is 4.79 Å². The first-order valence-electron chi connectivity index (χ1n) is 7.61. The first kappa shape index (κ1) is 15.6. The second kappa shape index (κ2) is 6.09. The SMILES string of the molecule is Cc1[nH]c2ccc(C(=O)N[C@H](C)c3cccc(Cl)c3)cc2c1C. The van der Waals surface area contributed by atoms with E-state index in [1.165, 1.54) is 5.56 Å². The van der Waals surface area contributed by atoms with Gasteiger partial charge in [0.2, 0.25) is 0 Å². The molecule has 118 valence electrons. The van der Waals surface area contributed by atoms with Crippen LogP contribution < -0.4 is 5.32 Å². The molecule has 0 saturated carbocycles. The van der Waals surface area contributed by atoms with Crippen molar-refractivity contribution in [2.75, 3.05) is 0 Å². The molecule has 1 atom stereocenters. The molecule has 2 aromatic carbocycles. The van der Waals surface area contributed by atoms with E-state index < -0.39 is 0 Å². The summed E-state index contributed by atoms with van der Waals surface area (Å²) in [5, 5.41) is 4.78. The number of rotatable bonds is 3. The lowest BCUT2D eigenvalue weighted by atomic mass is 10.1. The summed E-state index contributed by atoms with van der Waals surface area (Å²) >= 11 is 6.01. The summed E-state index contributed by atoms with van der Waals surface area (Å²) in [5.41, 5.74) is 5.01. The number of carbonyl (C=O) groups is 1. The molecule has 3 rings (SSSR count). The number of benzene rings is 2. The lowest BCUT2D eigenvalue weighted by molar-refractivity contribution is 0.0940. The molecule has 0 aliphatic rings. The molecule has 0 radical (unpaired) electrons. The van der Waals surface area contributed by atoms with E-state index in [0.717, 1.165) is 22.2 Å². The van der Waals surface area contributed by atoms with Crippen molar-refractivity contribution in [1.82, 2.24) is 10.3 Å². The number of carbonyl (C=O) groups excluding carboxylic acids is 1. The van der Waals surface area contributed by atoms with Gasteiger partial charge in [0.05, 0.1) is 6.04 Å². The third-order valence-electron chi connectivity index (χ3n) is 4.27. The molecule has 1 aromatic heterocycles. The maximum absolute atomic E-state index is 12.5. The van der Waals surface area contributed by atoms with Gasteiger partial charge in [-0.1, -0.05) is 23.7 Å². The summed E-state index contributed by atoms with van der Waals surface area (Å²) in [6.07, 6.45) is 0. The number of amides is 1. The van der Waals surface area contributed by atoms with Gasteiger partial charge in [-0.2, -0.15) is 0 Å². The molecule has 23 heavy (non-hydrogen) atoms. The van der Waals surface area contributed by atoms with Crippen LogP contribution >= 0.6 is 11.6 Å². The molecule has 2 N–H and O–H groups in total. The summed E-state index contributed by atoms with van der Waals surface area (Å²) in [7, 11) is 0. The number of halogens is 1. The fraction of sp³-hybridized carbons (Fsp3) is 0.211. The van der Waals surface area contributed by atoms with Gasteiger partial charge in [0, 0.05) is 27.2 Å². The number of fused-ring (bicyclic) bond motifs is 1. The van der Waals surface area contributed by atoms with Crippen LogP contribution in [-0.2, 0) is 0 Å². The van der Waals surface area contributed by atoms with Gasteiger partial charge in [-0.3, -0.25) is 4.79 Å². The van der Waals surface area contributed by atoms with Crippen LogP contribution in [-0.4, -0.2) is 10.9 Å². The van der Waals surface area contributed by atoms with Crippen molar-refractivity contribution in [2.24, 2.45) is 0 Å². The minimum absolute atomic E-state index is 0.0855. The summed E-state index contributed by atoms with van der Waals surface area (Å²) in [5.74, 6) is -0.0855. The molecular formula is C19H19ClN2O. The van der Waals surface area contributed by atoms with Gasteiger partial charge in [-0.15, -0.1) is 0 Å². The van der Waals surface area contributed by atoms with Crippen molar-refractivity contribution in [3.8, 4) is 0 Å². The van der Waals surface area contributed by atoms with E-state index in [4.69, 9.17) is 11.6 Å². The summed E-state index contributed by atoms with van der Waals surface area (Å²) in [4.78, 5) is 15.8. The molecule has 1 heterocycles. The Bertz CT molecular complexity index is 882. The summed E-state index contributed by atoms with van der Waals surface area (Å²) in [6.45, 7) is 6.05. The summed E-state index contributed by atoms with van der Waals surface area (Å²) < 4.78 is 0. The number of nitrogens with one attached hydrogen (secondary N) is 2. The third-order valence-corrected chi connectivity index (χ3v) is 4.50. The zero-order chi connectivity index (χ0) is 16.6. The Hall–Kier alpha value is -2.26. The number of hydrogen-bond donors (Lipinski definition) is 2. The average Bonchev–Trinajstić information content (AvgIpc) is 2.81. The highest BCUT2D eigenvalue weighted by Crippen LogP contribution is 2.23. The predicted octanol–water partition coefficient (Wildman–Crippen LogP) is 4.93. The van der Waals surface area contributed by atoms with Gasteiger partial charge in [-0.05, 0) is 62.2 Å². The molecule has 4 heteroatoms.